The average Bonchev–Trinajstić information content (AvgIpc) is 3.21. The molecule has 0 unspecified atom stereocenters. The zero-order valence-corrected chi connectivity index (χ0v) is 14.0. The number of nitrogens with two attached hydrogens (primary N) is 2. The van der Waals surface area contributed by atoms with Crippen molar-refractivity contribution in [1.29, 1.82) is 0 Å². The highest BCUT2D eigenvalue weighted by Gasteiger charge is 2.37. The Balaban J connectivity index is 1.86. The van der Waals surface area contributed by atoms with Crippen molar-refractivity contribution in [3.8, 4) is 0 Å². The highest BCUT2D eigenvalue weighted by Crippen LogP contribution is 2.23. The minimum atomic E-state index is -0.196. The van der Waals surface area contributed by atoms with Crippen LogP contribution in [0.4, 0.5) is 11.6 Å². The molecule has 26 heavy (non-hydrogen) atoms. The Kier molecular flexibility index (Phi) is 4.47. The first-order valence-electron chi connectivity index (χ1n) is 7.62. The number of rotatable bonds is 2. The van der Waals surface area contributed by atoms with Crippen molar-refractivity contribution in [1.82, 2.24) is 30.4 Å². The normalized spacial score (nSPS) is 22.1. The molecule has 1 saturated heterocycles. The molecule has 140 valence electrons. The Morgan fingerprint density at radius 3 is 1.77 bits per heavy atom. The van der Waals surface area contributed by atoms with Crippen LogP contribution in [-0.2, 0) is 0 Å². The molecular formula is C12H18N10O4. The van der Waals surface area contributed by atoms with E-state index in [4.69, 9.17) is 11.5 Å². The van der Waals surface area contributed by atoms with Crippen molar-refractivity contribution in [2.45, 2.75) is 25.9 Å². The first-order valence-corrected chi connectivity index (χ1v) is 7.62. The maximum Gasteiger partial charge on any atom is 0.202 e. The van der Waals surface area contributed by atoms with Crippen molar-refractivity contribution in [2.24, 2.45) is 10.3 Å². The molecule has 0 amide bonds. The van der Waals surface area contributed by atoms with Crippen molar-refractivity contribution in [3.05, 3.63) is 11.4 Å². The third-order valence-corrected chi connectivity index (χ3v) is 4.10. The number of anilines is 2. The van der Waals surface area contributed by atoms with Gasteiger partial charge < -0.3 is 31.7 Å². The van der Waals surface area contributed by atoms with Crippen LogP contribution in [0, 0.1) is 0 Å². The maximum absolute atomic E-state index is 9.47. The molecule has 0 radical (unpaired) electrons. The predicted octanol–water partition coefficient (Wildman–Crippen LogP) is -1.02. The van der Waals surface area contributed by atoms with E-state index in [2.05, 4.69) is 40.2 Å². The number of hydrogen-bond acceptors (Lipinski definition) is 12. The van der Waals surface area contributed by atoms with Gasteiger partial charge in [-0.3, -0.25) is 0 Å². The molecule has 1 aliphatic heterocycles. The highest BCUT2D eigenvalue weighted by molar-refractivity contribution is 6.02. The number of nitrogen functional groups attached to an aromatic ring is 2. The van der Waals surface area contributed by atoms with E-state index in [1.165, 1.54) is 0 Å². The third kappa shape index (κ3) is 2.80. The van der Waals surface area contributed by atoms with Gasteiger partial charge in [0.05, 0.1) is 0 Å². The second kappa shape index (κ2) is 6.73. The van der Waals surface area contributed by atoms with Gasteiger partial charge in [0.1, 0.15) is 0 Å². The summed E-state index contributed by atoms with van der Waals surface area (Å²) < 4.78 is 9.15. The van der Waals surface area contributed by atoms with E-state index in [1.807, 2.05) is 18.7 Å². The van der Waals surface area contributed by atoms with Crippen LogP contribution in [0.25, 0.3) is 0 Å². The van der Waals surface area contributed by atoms with E-state index in [1.54, 1.807) is 4.90 Å². The summed E-state index contributed by atoms with van der Waals surface area (Å²) in [7, 11) is 0. The van der Waals surface area contributed by atoms with E-state index in [9.17, 15) is 10.4 Å². The lowest BCUT2D eigenvalue weighted by Gasteiger charge is -2.45. The van der Waals surface area contributed by atoms with Gasteiger partial charge in [0, 0.05) is 25.2 Å². The van der Waals surface area contributed by atoms with E-state index in [0.717, 1.165) is 0 Å². The summed E-state index contributed by atoms with van der Waals surface area (Å²) in [5.41, 5.74) is 11.7. The fourth-order valence-electron chi connectivity index (χ4n) is 3.10. The fraction of sp³-hybridized carbons (Fsp3) is 0.500. The molecular weight excluding hydrogens is 348 g/mol. The monoisotopic (exact) mass is 366 g/mol. The smallest absolute Gasteiger partial charge is 0.202 e. The minimum absolute atomic E-state index is 0.0127. The van der Waals surface area contributed by atoms with Gasteiger partial charge in [-0.15, -0.1) is 0 Å². The minimum Gasteiger partial charge on any atom is -0.409 e. The Labute approximate surface area is 146 Å². The number of aromatic nitrogens is 4. The first-order chi connectivity index (χ1) is 12.5. The topological polar surface area (TPSA) is 202 Å². The van der Waals surface area contributed by atoms with Gasteiger partial charge in [0.15, 0.2) is 23.0 Å². The quantitative estimate of drug-likeness (QED) is 0.218. The van der Waals surface area contributed by atoms with Gasteiger partial charge in [-0.05, 0) is 34.5 Å². The first kappa shape index (κ1) is 17.2. The molecule has 3 heterocycles. The van der Waals surface area contributed by atoms with Gasteiger partial charge in [-0.25, -0.2) is 9.26 Å². The second-order valence-electron chi connectivity index (χ2n) is 5.85. The van der Waals surface area contributed by atoms with Gasteiger partial charge in [-0.1, -0.05) is 10.3 Å². The second-order valence-corrected chi connectivity index (χ2v) is 5.85. The van der Waals surface area contributed by atoms with Crippen molar-refractivity contribution < 1.29 is 19.7 Å². The molecule has 0 spiro atoms. The molecule has 3 rings (SSSR count). The largest absolute Gasteiger partial charge is 0.409 e. The molecule has 0 aliphatic carbocycles. The van der Waals surface area contributed by atoms with E-state index < -0.39 is 0 Å². The lowest BCUT2D eigenvalue weighted by Crippen LogP contribution is -2.60. The Morgan fingerprint density at radius 2 is 1.38 bits per heavy atom. The molecule has 0 bridgehead atoms. The SMILES string of the molecule is C[C@@H]1CN(/C(=N\O)c2nonc2N)C[C@H](C)N1/C(=N/O)c1nonc1N. The predicted molar refractivity (Wildman–Crippen MR) is 86.4 cm³/mol. The molecule has 2 aromatic rings. The van der Waals surface area contributed by atoms with Crippen LogP contribution in [-0.4, -0.2) is 77.7 Å². The molecule has 0 saturated carbocycles. The molecule has 2 aromatic heterocycles. The molecule has 14 heteroatoms. The summed E-state index contributed by atoms with van der Waals surface area (Å²) in [6.45, 7) is 4.55. The van der Waals surface area contributed by atoms with E-state index in [0.29, 0.717) is 13.1 Å². The Bertz CT molecular complexity index is 818. The summed E-state index contributed by atoms with van der Waals surface area (Å²) in [6, 6.07) is -0.392. The third-order valence-electron chi connectivity index (χ3n) is 4.10. The van der Waals surface area contributed by atoms with Crippen LogP contribution >= 0.6 is 0 Å². The zero-order chi connectivity index (χ0) is 18.8. The summed E-state index contributed by atoms with van der Waals surface area (Å²) in [6.07, 6.45) is 0. The standard InChI is InChI=1S/C12H18N10O4/c1-5-3-21(11(15-23)7-9(13)19-25-17-7)4-6(2)22(5)12(16-24)8-10(14)20-26-18-8/h5-6,23-24H,3-4H2,1-2H3,(H2,13,19)(H2,14,20)/b15-11-,16-12+/t5-,6+. The maximum atomic E-state index is 9.47. The Hall–Kier alpha value is -3.58. The van der Waals surface area contributed by atoms with Crippen LogP contribution in [0.1, 0.15) is 25.2 Å². The van der Waals surface area contributed by atoms with Crippen LogP contribution in [0.15, 0.2) is 19.6 Å². The van der Waals surface area contributed by atoms with Crippen LogP contribution < -0.4 is 11.5 Å². The van der Waals surface area contributed by atoms with Gasteiger partial charge in [0.2, 0.25) is 11.7 Å². The molecule has 0 aromatic carbocycles. The lowest BCUT2D eigenvalue weighted by molar-refractivity contribution is 0.132. The Morgan fingerprint density at radius 1 is 0.923 bits per heavy atom. The van der Waals surface area contributed by atoms with Crippen molar-refractivity contribution >= 4 is 23.3 Å². The zero-order valence-electron chi connectivity index (χ0n) is 14.0. The summed E-state index contributed by atoms with van der Waals surface area (Å²) in [5.74, 6) is 0.291. The lowest BCUT2D eigenvalue weighted by atomic mass is 10.1. The number of nitrogens with zero attached hydrogens (tertiary/aromatic N) is 8. The molecule has 1 fully saturated rings. The van der Waals surface area contributed by atoms with Gasteiger partial charge in [-0.2, -0.15) is 0 Å². The van der Waals surface area contributed by atoms with Crippen LogP contribution in [0.2, 0.25) is 0 Å². The molecule has 2 atom stereocenters. The number of hydrogen-bond donors (Lipinski definition) is 4. The van der Waals surface area contributed by atoms with E-state index >= 15 is 0 Å². The fourth-order valence-corrected chi connectivity index (χ4v) is 3.10. The van der Waals surface area contributed by atoms with E-state index in [-0.39, 0.29) is 46.8 Å². The molecule has 14 nitrogen and oxygen atoms in total. The number of oxime groups is 2. The van der Waals surface area contributed by atoms with Gasteiger partial charge >= 0.3 is 0 Å². The number of amidine groups is 2. The van der Waals surface area contributed by atoms with Crippen molar-refractivity contribution in [2.75, 3.05) is 24.6 Å². The van der Waals surface area contributed by atoms with Crippen LogP contribution in [0.5, 0.6) is 0 Å². The molecule has 1 aliphatic rings. The highest BCUT2D eigenvalue weighted by atomic mass is 16.6. The number of piperazine rings is 1. The summed E-state index contributed by atoms with van der Waals surface area (Å²) >= 11 is 0. The van der Waals surface area contributed by atoms with Gasteiger partial charge in [0.25, 0.3) is 0 Å². The summed E-state index contributed by atoms with van der Waals surface area (Å²) in [4.78, 5) is 3.58. The van der Waals surface area contributed by atoms with Crippen LogP contribution in [0.3, 0.4) is 0 Å². The van der Waals surface area contributed by atoms with Crippen molar-refractivity contribution in [3.63, 3.8) is 0 Å². The summed E-state index contributed by atoms with van der Waals surface area (Å²) in [5, 5.41) is 39.8. The molecule has 6 N–H and O–H groups in total. The average molecular weight is 366 g/mol.